The third kappa shape index (κ3) is 6.65. The average molecular weight is 237 g/mol. The highest BCUT2D eigenvalue weighted by molar-refractivity contribution is 5.00. The zero-order chi connectivity index (χ0) is 12.7. The van der Waals surface area contributed by atoms with E-state index < -0.39 is 5.54 Å². The lowest BCUT2D eigenvalue weighted by Gasteiger charge is -2.22. The van der Waals surface area contributed by atoms with Crippen LogP contribution in [0.2, 0.25) is 0 Å². The maximum atomic E-state index is 8.83. The van der Waals surface area contributed by atoms with Crippen molar-refractivity contribution in [3.8, 4) is 6.07 Å². The number of nitrogens with zero attached hydrogens (tertiary/aromatic N) is 2. The number of nitrogens with two attached hydrogens (primary N) is 1. The smallest absolute Gasteiger partial charge is 0.101 e. The van der Waals surface area contributed by atoms with E-state index in [9.17, 15) is 0 Å². The molecule has 1 atom stereocenters. The first kappa shape index (κ1) is 14.5. The second-order valence-corrected chi connectivity index (χ2v) is 5.73. The number of unbranched alkanes of at least 4 members (excludes halogenated alkanes) is 1. The topological polar surface area (TPSA) is 53.0 Å². The van der Waals surface area contributed by atoms with Crippen LogP contribution in [0.1, 0.15) is 52.4 Å². The maximum Gasteiger partial charge on any atom is 0.101 e. The van der Waals surface area contributed by atoms with Crippen LogP contribution in [0.4, 0.5) is 0 Å². The van der Waals surface area contributed by atoms with Gasteiger partial charge in [0.25, 0.3) is 0 Å². The molecule has 1 aliphatic carbocycles. The number of hydrogen-bond donors (Lipinski definition) is 1. The molecule has 1 aliphatic rings. The van der Waals surface area contributed by atoms with Gasteiger partial charge in [-0.2, -0.15) is 5.26 Å². The maximum absolute atomic E-state index is 8.83. The largest absolute Gasteiger partial charge is 0.314 e. The summed E-state index contributed by atoms with van der Waals surface area (Å²) in [6, 6.07) is 2.16. The van der Waals surface area contributed by atoms with Gasteiger partial charge in [0.05, 0.1) is 6.07 Å². The molecular formula is C14H27N3. The van der Waals surface area contributed by atoms with Gasteiger partial charge in [-0.05, 0) is 64.5 Å². The molecule has 0 aromatic heterocycles. The molecule has 3 nitrogen and oxygen atoms in total. The van der Waals surface area contributed by atoms with Crippen LogP contribution in [-0.4, -0.2) is 30.1 Å². The minimum Gasteiger partial charge on any atom is -0.314 e. The summed E-state index contributed by atoms with van der Waals surface area (Å²) in [7, 11) is 0. The molecule has 0 aromatic rings. The summed E-state index contributed by atoms with van der Waals surface area (Å²) in [4.78, 5) is 2.58. The van der Waals surface area contributed by atoms with Gasteiger partial charge in [-0.1, -0.05) is 6.92 Å². The molecule has 0 heterocycles. The van der Waals surface area contributed by atoms with E-state index in [0.29, 0.717) is 0 Å². The Labute approximate surface area is 106 Å². The molecule has 0 saturated heterocycles. The van der Waals surface area contributed by atoms with Crippen LogP contribution in [0, 0.1) is 17.2 Å². The summed E-state index contributed by atoms with van der Waals surface area (Å²) in [5, 5.41) is 8.83. The van der Waals surface area contributed by atoms with E-state index >= 15 is 0 Å². The molecule has 17 heavy (non-hydrogen) atoms. The Kier molecular flexibility index (Phi) is 5.94. The van der Waals surface area contributed by atoms with E-state index in [1.807, 2.05) is 6.92 Å². The molecule has 3 heteroatoms. The number of rotatable bonds is 9. The Balaban J connectivity index is 2.11. The van der Waals surface area contributed by atoms with E-state index in [4.69, 9.17) is 11.0 Å². The first-order valence-corrected chi connectivity index (χ1v) is 7.00. The van der Waals surface area contributed by atoms with Crippen molar-refractivity contribution in [1.29, 1.82) is 5.26 Å². The van der Waals surface area contributed by atoms with E-state index in [-0.39, 0.29) is 0 Å². The molecule has 1 rings (SSSR count). The summed E-state index contributed by atoms with van der Waals surface area (Å²) >= 11 is 0. The van der Waals surface area contributed by atoms with Gasteiger partial charge < -0.3 is 10.6 Å². The molecule has 0 bridgehead atoms. The molecule has 0 amide bonds. The molecule has 0 aromatic carbocycles. The molecule has 1 fully saturated rings. The summed E-state index contributed by atoms with van der Waals surface area (Å²) in [6.07, 6.45) is 7.13. The standard InChI is InChI=1S/C14H27N3/c1-3-9-17(11-13-6-7-13)10-5-4-8-14(2,16)12-15/h13H,3-11,16H2,1-2H3. The fraction of sp³-hybridized carbons (Fsp3) is 0.929. The third-order valence-corrected chi connectivity index (χ3v) is 3.43. The van der Waals surface area contributed by atoms with Crippen LogP contribution >= 0.6 is 0 Å². The molecular weight excluding hydrogens is 210 g/mol. The van der Waals surface area contributed by atoms with Gasteiger partial charge in [0, 0.05) is 6.54 Å². The first-order valence-electron chi connectivity index (χ1n) is 7.00. The SMILES string of the molecule is CCCN(CCCCC(C)(N)C#N)CC1CC1. The van der Waals surface area contributed by atoms with E-state index in [1.165, 1.54) is 45.3 Å². The third-order valence-electron chi connectivity index (χ3n) is 3.43. The van der Waals surface area contributed by atoms with E-state index in [2.05, 4.69) is 17.9 Å². The lowest BCUT2D eigenvalue weighted by atomic mass is 9.98. The Morgan fingerprint density at radius 2 is 2.06 bits per heavy atom. The second-order valence-electron chi connectivity index (χ2n) is 5.73. The lowest BCUT2D eigenvalue weighted by Crippen LogP contribution is -2.34. The Hall–Kier alpha value is -0.590. The minimum absolute atomic E-state index is 0.633. The van der Waals surface area contributed by atoms with Crippen molar-refractivity contribution in [2.24, 2.45) is 11.7 Å². The van der Waals surface area contributed by atoms with Crippen molar-refractivity contribution in [3.63, 3.8) is 0 Å². The minimum atomic E-state index is -0.633. The highest BCUT2D eigenvalue weighted by Crippen LogP contribution is 2.29. The van der Waals surface area contributed by atoms with Crippen molar-refractivity contribution in [2.45, 2.75) is 57.9 Å². The summed E-state index contributed by atoms with van der Waals surface area (Å²) < 4.78 is 0. The molecule has 1 saturated carbocycles. The quantitative estimate of drug-likeness (QED) is 0.627. The molecule has 0 spiro atoms. The molecule has 0 aliphatic heterocycles. The second kappa shape index (κ2) is 6.98. The van der Waals surface area contributed by atoms with Gasteiger partial charge in [0.15, 0.2) is 0 Å². The van der Waals surface area contributed by atoms with Crippen molar-refractivity contribution in [1.82, 2.24) is 4.90 Å². The Morgan fingerprint density at radius 3 is 2.59 bits per heavy atom. The van der Waals surface area contributed by atoms with Gasteiger partial charge in [0.1, 0.15) is 5.54 Å². The Morgan fingerprint density at radius 1 is 1.35 bits per heavy atom. The lowest BCUT2D eigenvalue weighted by molar-refractivity contribution is 0.255. The predicted molar refractivity (Wildman–Crippen MR) is 71.5 cm³/mol. The molecule has 2 N–H and O–H groups in total. The van der Waals surface area contributed by atoms with Gasteiger partial charge >= 0.3 is 0 Å². The first-order chi connectivity index (χ1) is 8.07. The summed E-state index contributed by atoms with van der Waals surface area (Å²) in [5.74, 6) is 0.973. The zero-order valence-corrected chi connectivity index (χ0v) is 11.4. The van der Waals surface area contributed by atoms with E-state index in [1.54, 1.807) is 0 Å². The van der Waals surface area contributed by atoms with Gasteiger partial charge in [0.2, 0.25) is 0 Å². The van der Waals surface area contributed by atoms with Crippen molar-refractivity contribution >= 4 is 0 Å². The predicted octanol–water partition coefficient (Wildman–Crippen LogP) is 2.52. The molecule has 98 valence electrons. The molecule has 0 radical (unpaired) electrons. The summed E-state index contributed by atoms with van der Waals surface area (Å²) in [5.41, 5.74) is 5.17. The van der Waals surface area contributed by atoms with Gasteiger partial charge in [-0.15, -0.1) is 0 Å². The van der Waals surface area contributed by atoms with Crippen molar-refractivity contribution in [2.75, 3.05) is 19.6 Å². The van der Waals surface area contributed by atoms with Crippen LogP contribution in [0.15, 0.2) is 0 Å². The highest BCUT2D eigenvalue weighted by atomic mass is 15.1. The van der Waals surface area contributed by atoms with Crippen LogP contribution in [0.25, 0.3) is 0 Å². The highest BCUT2D eigenvalue weighted by Gasteiger charge is 2.23. The van der Waals surface area contributed by atoms with Crippen LogP contribution in [-0.2, 0) is 0 Å². The fourth-order valence-electron chi connectivity index (χ4n) is 2.16. The van der Waals surface area contributed by atoms with Crippen LogP contribution in [0.3, 0.4) is 0 Å². The number of nitriles is 1. The fourth-order valence-corrected chi connectivity index (χ4v) is 2.16. The Bertz CT molecular complexity index is 251. The van der Waals surface area contributed by atoms with Crippen molar-refractivity contribution < 1.29 is 0 Å². The summed E-state index contributed by atoms with van der Waals surface area (Å²) in [6.45, 7) is 7.74. The van der Waals surface area contributed by atoms with Gasteiger partial charge in [-0.3, -0.25) is 0 Å². The van der Waals surface area contributed by atoms with Crippen LogP contribution in [0.5, 0.6) is 0 Å². The average Bonchev–Trinajstić information content (AvgIpc) is 3.08. The number of hydrogen-bond acceptors (Lipinski definition) is 3. The normalized spacial score (nSPS) is 19.0. The monoisotopic (exact) mass is 237 g/mol. The zero-order valence-electron chi connectivity index (χ0n) is 11.4. The van der Waals surface area contributed by atoms with Gasteiger partial charge in [-0.25, -0.2) is 0 Å². The van der Waals surface area contributed by atoms with Crippen molar-refractivity contribution in [3.05, 3.63) is 0 Å². The molecule has 1 unspecified atom stereocenters. The van der Waals surface area contributed by atoms with Crippen LogP contribution < -0.4 is 5.73 Å². The van der Waals surface area contributed by atoms with E-state index in [0.717, 1.165) is 18.8 Å².